The van der Waals surface area contributed by atoms with Gasteiger partial charge in [0.1, 0.15) is 0 Å². The first-order valence-corrected chi connectivity index (χ1v) is 9.58. The standard InChI is InChI=1S/C21H26ClN3O/c1-17-8-7-11-19(22)20(17)23-21(26)25(15-14-24-12-5-6-13-24)16-18-9-3-2-4-10-18/h2-4,7-11H,5-6,12-16H2,1H3,(H,23,26). The number of nitrogens with one attached hydrogen (secondary N) is 1. The van der Waals surface area contributed by atoms with Gasteiger partial charge in [-0.3, -0.25) is 0 Å². The Hall–Kier alpha value is -2.04. The maximum absolute atomic E-state index is 13.0. The summed E-state index contributed by atoms with van der Waals surface area (Å²) in [5, 5.41) is 3.58. The van der Waals surface area contributed by atoms with Gasteiger partial charge in [0, 0.05) is 19.6 Å². The highest BCUT2D eigenvalue weighted by Gasteiger charge is 2.19. The molecule has 4 nitrogen and oxygen atoms in total. The number of halogens is 1. The number of likely N-dealkylation sites (tertiary alicyclic amines) is 1. The average molecular weight is 372 g/mol. The molecule has 0 bridgehead atoms. The molecule has 0 unspecified atom stereocenters. The van der Waals surface area contributed by atoms with E-state index in [2.05, 4.69) is 22.3 Å². The highest BCUT2D eigenvalue weighted by atomic mass is 35.5. The van der Waals surface area contributed by atoms with E-state index in [0.717, 1.165) is 30.8 Å². The van der Waals surface area contributed by atoms with Crippen LogP contribution in [-0.4, -0.2) is 42.0 Å². The van der Waals surface area contributed by atoms with Crippen molar-refractivity contribution in [1.29, 1.82) is 0 Å². The number of anilines is 1. The van der Waals surface area contributed by atoms with Gasteiger partial charge in [0.15, 0.2) is 0 Å². The van der Waals surface area contributed by atoms with Crippen molar-refractivity contribution in [1.82, 2.24) is 9.80 Å². The number of benzene rings is 2. The Labute approximate surface area is 160 Å². The Bertz CT molecular complexity index is 709. The minimum Gasteiger partial charge on any atom is -0.319 e. The maximum Gasteiger partial charge on any atom is 0.322 e. The van der Waals surface area contributed by atoms with Gasteiger partial charge in [-0.1, -0.05) is 54.1 Å². The second-order valence-corrected chi connectivity index (χ2v) is 7.22. The lowest BCUT2D eigenvalue weighted by Gasteiger charge is -2.26. The number of hydrogen-bond acceptors (Lipinski definition) is 2. The van der Waals surface area contributed by atoms with Gasteiger partial charge < -0.3 is 15.1 Å². The van der Waals surface area contributed by atoms with E-state index in [4.69, 9.17) is 11.6 Å². The smallest absolute Gasteiger partial charge is 0.319 e. The number of carbonyl (C=O) groups excluding carboxylic acids is 1. The zero-order chi connectivity index (χ0) is 18.4. The molecule has 1 heterocycles. The summed E-state index contributed by atoms with van der Waals surface area (Å²) in [6, 6.07) is 15.6. The summed E-state index contributed by atoms with van der Waals surface area (Å²) in [7, 11) is 0. The fourth-order valence-electron chi connectivity index (χ4n) is 3.30. The van der Waals surface area contributed by atoms with Gasteiger partial charge in [0.05, 0.1) is 10.7 Å². The van der Waals surface area contributed by atoms with E-state index in [-0.39, 0.29) is 6.03 Å². The molecule has 3 rings (SSSR count). The molecule has 2 aromatic carbocycles. The Morgan fingerprint density at radius 3 is 2.54 bits per heavy atom. The summed E-state index contributed by atoms with van der Waals surface area (Å²) in [6.45, 7) is 6.40. The normalized spacial score (nSPS) is 14.4. The number of amides is 2. The molecular formula is C21H26ClN3O. The number of aryl methyl sites for hydroxylation is 1. The van der Waals surface area contributed by atoms with E-state index in [9.17, 15) is 4.79 Å². The molecule has 0 radical (unpaired) electrons. The average Bonchev–Trinajstić information content (AvgIpc) is 3.16. The van der Waals surface area contributed by atoms with Crippen LogP contribution in [0.15, 0.2) is 48.5 Å². The maximum atomic E-state index is 13.0. The van der Waals surface area contributed by atoms with Gasteiger partial charge in [0.2, 0.25) is 0 Å². The van der Waals surface area contributed by atoms with Crippen LogP contribution in [0.2, 0.25) is 5.02 Å². The molecule has 0 atom stereocenters. The predicted octanol–water partition coefficient (Wildman–Crippen LogP) is 4.78. The van der Waals surface area contributed by atoms with Crippen LogP contribution >= 0.6 is 11.6 Å². The van der Waals surface area contributed by atoms with Crippen LogP contribution in [0, 0.1) is 6.92 Å². The van der Waals surface area contributed by atoms with E-state index in [1.807, 2.05) is 42.2 Å². The van der Waals surface area contributed by atoms with Gasteiger partial charge >= 0.3 is 6.03 Å². The second-order valence-electron chi connectivity index (χ2n) is 6.82. The monoisotopic (exact) mass is 371 g/mol. The van der Waals surface area contributed by atoms with Crippen LogP contribution in [0.3, 0.4) is 0 Å². The van der Waals surface area contributed by atoms with Crippen LogP contribution in [0.25, 0.3) is 0 Å². The van der Waals surface area contributed by atoms with E-state index < -0.39 is 0 Å². The minimum absolute atomic E-state index is 0.107. The molecule has 0 saturated carbocycles. The highest BCUT2D eigenvalue weighted by molar-refractivity contribution is 6.33. The van der Waals surface area contributed by atoms with Crippen molar-refractivity contribution in [2.45, 2.75) is 26.3 Å². The molecule has 0 aliphatic carbocycles. The van der Waals surface area contributed by atoms with Crippen molar-refractivity contribution in [2.75, 3.05) is 31.5 Å². The van der Waals surface area contributed by atoms with Crippen LogP contribution in [0.4, 0.5) is 10.5 Å². The van der Waals surface area contributed by atoms with Crippen molar-refractivity contribution < 1.29 is 4.79 Å². The molecule has 1 fully saturated rings. The minimum atomic E-state index is -0.107. The second kappa shape index (κ2) is 9.06. The third-order valence-corrected chi connectivity index (χ3v) is 5.16. The quantitative estimate of drug-likeness (QED) is 0.793. The number of nitrogens with zero attached hydrogens (tertiary/aromatic N) is 2. The van der Waals surface area contributed by atoms with Crippen molar-refractivity contribution in [3.05, 3.63) is 64.7 Å². The molecule has 2 amide bonds. The summed E-state index contributed by atoms with van der Waals surface area (Å²) in [6.07, 6.45) is 2.51. The summed E-state index contributed by atoms with van der Waals surface area (Å²) in [5.41, 5.74) is 2.78. The molecular weight excluding hydrogens is 346 g/mol. The molecule has 0 spiro atoms. The van der Waals surface area contributed by atoms with E-state index >= 15 is 0 Å². The van der Waals surface area contributed by atoms with E-state index in [0.29, 0.717) is 23.8 Å². The zero-order valence-corrected chi connectivity index (χ0v) is 16.0. The Balaban J connectivity index is 1.71. The number of hydrogen-bond donors (Lipinski definition) is 1. The summed E-state index contributed by atoms with van der Waals surface area (Å²) in [4.78, 5) is 17.3. The molecule has 26 heavy (non-hydrogen) atoms. The number of urea groups is 1. The SMILES string of the molecule is Cc1cccc(Cl)c1NC(=O)N(CCN1CCCC1)Cc1ccccc1. The van der Waals surface area contributed by atoms with Gasteiger partial charge in [-0.2, -0.15) is 0 Å². The molecule has 1 saturated heterocycles. The molecule has 138 valence electrons. The highest BCUT2D eigenvalue weighted by Crippen LogP contribution is 2.25. The van der Waals surface area contributed by atoms with Gasteiger partial charge in [-0.15, -0.1) is 0 Å². The number of para-hydroxylation sites is 1. The first-order chi connectivity index (χ1) is 12.6. The molecule has 2 aromatic rings. The molecule has 1 aliphatic rings. The van der Waals surface area contributed by atoms with Crippen molar-refractivity contribution in [2.24, 2.45) is 0 Å². The fourth-order valence-corrected chi connectivity index (χ4v) is 3.57. The molecule has 1 N–H and O–H groups in total. The molecule has 0 aromatic heterocycles. The van der Waals surface area contributed by atoms with Crippen molar-refractivity contribution in [3.63, 3.8) is 0 Å². The predicted molar refractivity (Wildman–Crippen MR) is 108 cm³/mol. The lowest BCUT2D eigenvalue weighted by molar-refractivity contribution is 0.198. The van der Waals surface area contributed by atoms with Crippen LogP contribution < -0.4 is 5.32 Å². The van der Waals surface area contributed by atoms with Gasteiger partial charge in [-0.05, 0) is 50.0 Å². The third kappa shape index (κ3) is 4.99. The number of carbonyl (C=O) groups is 1. The van der Waals surface area contributed by atoms with Gasteiger partial charge in [0.25, 0.3) is 0 Å². The van der Waals surface area contributed by atoms with Crippen molar-refractivity contribution in [3.8, 4) is 0 Å². The van der Waals surface area contributed by atoms with Crippen molar-refractivity contribution >= 4 is 23.3 Å². The largest absolute Gasteiger partial charge is 0.322 e. The van der Waals surface area contributed by atoms with E-state index in [1.165, 1.54) is 12.8 Å². The first-order valence-electron chi connectivity index (χ1n) is 9.21. The lowest BCUT2D eigenvalue weighted by atomic mass is 10.2. The summed E-state index contributed by atoms with van der Waals surface area (Å²) < 4.78 is 0. The van der Waals surface area contributed by atoms with E-state index in [1.54, 1.807) is 6.07 Å². The number of rotatable bonds is 6. The third-order valence-electron chi connectivity index (χ3n) is 4.84. The zero-order valence-electron chi connectivity index (χ0n) is 15.2. The first kappa shape index (κ1) is 18.7. The molecule has 5 heteroatoms. The summed E-state index contributed by atoms with van der Waals surface area (Å²) >= 11 is 6.28. The van der Waals surface area contributed by atoms with Crippen LogP contribution in [-0.2, 0) is 6.54 Å². The molecule has 1 aliphatic heterocycles. The van der Waals surface area contributed by atoms with Crippen LogP contribution in [0.5, 0.6) is 0 Å². The summed E-state index contributed by atoms with van der Waals surface area (Å²) in [5.74, 6) is 0. The topological polar surface area (TPSA) is 35.6 Å². The Kier molecular flexibility index (Phi) is 6.53. The Morgan fingerprint density at radius 2 is 1.85 bits per heavy atom. The Morgan fingerprint density at radius 1 is 1.12 bits per heavy atom. The lowest BCUT2D eigenvalue weighted by Crippen LogP contribution is -2.40. The van der Waals surface area contributed by atoms with Gasteiger partial charge in [-0.25, -0.2) is 4.79 Å². The fraction of sp³-hybridized carbons (Fsp3) is 0.381. The van der Waals surface area contributed by atoms with Crippen LogP contribution in [0.1, 0.15) is 24.0 Å².